The summed E-state index contributed by atoms with van der Waals surface area (Å²) in [5.41, 5.74) is 6.64. The molecule has 0 saturated heterocycles. The third-order valence-corrected chi connectivity index (χ3v) is 7.01. The molecule has 1 unspecified atom stereocenters. The molecule has 0 aromatic rings. The van der Waals surface area contributed by atoms with Crippen molar-refractivity contribution in [2.75, 3.05) is 7.11 Å². The van der Waals surface area contributed by atoms with Crippen LogP contribution >= 0.6 is 11.6 Å². The van der Waals surface area contributed by atoms with Crippen LogP contribution in [0.1, 0.15) is 66.7 Å². The van der Waals surface area contributed by atoms with Gasteiger partial charge in [0.25, 0.3) is 0 Å². The molecule has 5 heteroatoms. The summed E-state index contributed by atoms with van der Waals surface area (Å²) in [5.74, 6) is -0.167. The van der Waals surface area contributed by atoms with E-state index in [-0.39, 0.29) is 22.5 Å². The molecule has 0 spiro atoms. The lowest BCUT2D eigenvalue weighted by Crippen LogP contribution is -2.30. The number of alkyl halides is 1. The predicted molar refractivity (Wildman–Crippen MR) is 141 cm³/mol. The molecule has 35 heavy (non-hydrogen) atoms. The maximum atomic E-state index is 13.9. The Morgan fingerprint density at radius 3 is 2.49 bits per heavy atom. The normalized spacial score (nSPS) is 22.5. The van der Waals surface area contributed by atoms with Gasteiger partial charge in [-0.05, 0) is 62.5 Å². The van der Waals surface area contributed by atoms with Gasteiger partial charge in [-0.1, -0.05) is 56.2 Å². The second kappa shape index (κ2) is 10.6. The first-order valence-electron chi connectivity index (χ1n) is 12.2. The molecule has 4 nitrogen and oxygen atoms in total. The average Bonchev–Trinajstić information content (AvgIpc) is 2.96. The number of carboxylic acid groups (broad SMARTS) is 1. The Morgan fingerprint density at radius 2 is 1.91 bits per heavy atom. The van der Waals surface area contributed by atoms with Crippen molar-refractivity contribution in [3.05, 3.63) is 75.8 Å². The Bertz CT molecular complexity index is 1110. The van der Waals surface area contributed by atoms with Crippen molar-refractivity contribution in [2.24, 2.45) is 16.7 Å². The third-order valence-electron chi connectivity index (χ3n) is 6.68. The van der Waals surface area contributed by atoms with Crippen LogP contribution < -0.4 is 0 Å². The Kier molecular flexibility index (Phi) is 8.19. The minimum atomic E-state index is -1.01. The summed E-state index contributed by atoms with van der Waals surface area (Å²) in [6.45, 7) is 9.61. The molecule has 3 rings (SSSR count). The smallest absolute Gasteiger partial charge is 0.309 e. The lowest BCUT2D eigenvalue weighted by atomic mass is 9.67. The molecular formula is C30H37ClO4. The largest absolute Gasteiger partial charge is 0.496 e. The van der Waals surface area contributed by atoms with Gasteiger partial charge in [-0.15, -0.1) is 17.3 Å². The predicted octanol–water partition coefficient (Wildman–Crippen LogP) is 7.24. The fourth-order valence-electron chi connectivity index (χ4n) is 4.78. The van der Waals surface area contributed by atoms with Gasteiger partial charge in [0.1, 0.15) is 5.76 Å². The molecule has 2 atom stereocenters. The molecule has 0 heterocycles. The highest BCUT2D eigenvalue weighted by molar-refractivity contribution is 6.22. The lowest BCUT2D eigenvalue weighted by Gasteiger charge is -2.35. The van der Waals surface area contributed by atoms with E-state index in [0.29, 0.717) is 30.6 Å². The van der Waals surface area contributed by atoms with Gasteiger partial charge in [0, 0.05) is 23.6 Å². The van der Waals surface area contributed by atoms with Crippen LogP contribution in [0.25, 0.3) is 0 Å². The van der Waals surface area contributed by atoms with Gasteiger partial charge in [0.15, 0.2) is 5.78 Å². The van der Waals surface area contributed by atoms with E-state index in [1.807, 2.05) is 39.0 Å². The monoisotopic (exact) mass is 496 g/mol. The van der Waals surface area contributed by atoms with E-state index in [1.165, 1.54) is 5.57 Å². The first-order valence-corrected chi connectivity index (χ1v) is 12.7. The fraction of sp³-hybridized carbons (Fsp3) is 0.500. The van der Waals surface area contributed by atoms with Gasteiger partial charge in [-0.2, -0.15) is 0 Å². The van der Waals surface area contributed by atoms with E-state index in [9.17, 15) is 14.7 Å². The highest BCUT2D eigenvalue weighted by Gasteiger charge is 2.39. The molecular weight excluding hydrogens is 460 g/mol. The number of ketones is 1. The van der Waals surface area contributed by atoms with Crippen molar-refractivity contribution < 1.29 is 19.4 Å². The molecule has 1 N–H and O–H groups in total. The minimum absolute atomic E-state index is 0.00294. The average molecular weight is 497 g/mol. The number of aliphatic carboxylic acids is 1. The fourth-order valence-corrected chi connectivity index (χ4v) is 4.94. The standard InChI is InChI=1S/C30H37ClO4/c1-29(2,3)18-26(32)27-24-14-13-23(35-6)12-9-20(24)16-21(15-19-7-10-22(31)11-8-19)25(27)17-30(4,5)28(33)34/h7-10,12-13,21-22H,11,15-18H2,1-6H3,(H,33,34)/t21-,22?/m0/s1. The number of halogens is 1. The Hall–Kier alpha value is -2.55. The second-order valence-electron chi connectivity index (χ2n) is 11.6. The molecule has 0 fully saturated rings. The van der Waals surface area contributed by atoms with Crippen LogP contribution in [0.2, 0.25) is 0 Å². The highest BCUT2D eigenvalue weighted by Crippen LogP contribution is 2.47. The number of carbonyl (C=O) groups excluding carboxylic acids is 1. The number of Topliss-reactive ketones (excluding diaryl/α,β-unsaturated/α-hetero) is 1. The quantitative estimate of drug-likeness (QED) is 0.284. The van der Waals surface area contributed by atoms with Crippen LogP contribution in [0.15, 0.2) is 75.8 Å². The van der Waals surface area contributed by atoms with E-state index in [1.54, 1.807) is 27.0 Å². The summed E-state index contributed by atoms with van der Waals surface area (Å²) >= 11 is 6.25. The van der Waals surface area contributed by atoms with Gasteiger partial charge < -0.3 is 9.84 Å². The first-order chi connectivity index (χ1) is 16.3. The molecule has 0 amide bonds. The van der Waals surface area contributed by atoms with Crippen LogP contribution in [0, 0.1) is 16.7 Å². The number of carbonyl (C=O) groups is 2. The van der Waals surface area contributed by atoms with E-state index in [0.717, 1.165) is 29.6 Å². The van der Waals surface area contributed by atoms with Crippen molar-refractivity contribution in [1.82, 2.24) is 0 Å². The summed E-state index contributed by atoms with van der Waals surface area (Å²) < 4.78 is 5.43. The second-order valence-corrected chi connectivity index (χ2v) is 12.1. The summed E-state index contributed by atoms with van der Waals surface area (Å²) in [5, 5.41) is 9.95. The summed E-state index contributed by atoms with van der Waals surface area (Å²) in [6.07, 6.45) is 14.8. The Labute approximate surface area is 214 Å². The zero-order valence-electron chi connectivity index (χ0n) is 21.7. The lowest BCUT2D eigenvalue weighted by molar-refractivity contribution is -0.147. The molecule has 0 radical (unpaired) electrons. The van der Waals surface area contributed by atoms with Gasteiger partial charge in [-0.25, -0.2) is 0 Å². The van der Waals surface area contributed by atoms with Crippen molar-refractivity contribution in [2.45, 2.75) is 72.1 Å². The topological polar surface area (TPSA) is 63.6 Å². The van der Waals surface area contributed by atoms with Crippen LogP contribution in [-0.2, 0) is 14.3 Å². The van der Waals surface area contributed by atoms with Crippen LogP contribution in [0.5, 0.6) is 0 Å². The number of ether oxygens (including phenoxy) is 1. The van der Waals surface area contributed by atoms with Crippen molar-refractivity contribution in [3.8, 4) is 0 Å². The molecule has 0 aromatic heterocycles. The van der Waals surface area contributed by atoms with Gasteiger partial charge in [0.2, 0.25) is 0 Å². The van der Waals surface area contributed by atoms with Crippen LogP contribution in [-0.4, -0.2) is 29.3 Å². The molecule has 188 valence electrons. The molecule has 0 bridgehead atoms. The minimum Gasteiger partial charge on any atom is -0.496 e. The van der Waals surface area contributed by atoms with Gasteiger partial charge >= 0.3 is 5.97 Å². The van der Waals surface area contributed by atoms with Crippen molar-refractivity contribution in [1.29, 1.82) is 0 Å². The van der Waals surface area contributed by atoms with E-state index >= 15 is 0 Å². The first kappa shape index (κ1) is 27.0. The summed E-state index contributed by atoms with van der Waals surface area (Å²) in [6, 6.07) is 0. The maximum Gasteiger partial charge on any atom is 0.309 e. The van der Waals surface area contributed by atoms with Gasteiger partial charge in [-0.3, -0.25) is 9.59 Å². The summed E-state index contributed by atoms with van der Waals surface area (Å²) in [4.78, 5) is 26.0. The van der Waals surface area contributed by atoms with E-state index in [4.69, 9.17) is 16.3 Å². The van der Waals surface area contributed by atoms with Crippen LogP contribution in [0.3, 0.4) is 0 Å². The number of carboxylic acids is 1. The van der Waals surface area contributed by atoms with Crippen molar-refractivity contribution >= 4 is 23.4 Å². The molecule has 0 aromatic carbocycles. The van der Waals surface area contributed by atoms with Crippen LogP contribution in [0.4, 0.5) is 0 Å². The zero-order chi connectivity index (χ0) is 26.0. The third kappa shape index (κ3) is 6.78. The molecule has 3 aliphatic rings. The Balaban J connectivity index is 2.21. The van der Waals surface area contributed by atoms with Gasteiger partial charge in [0.05, 0.1) is 17.9 Å². The Morgan fingerprint density at radius 1 is 1.20 bits per heavy atom. The maximum absolute atomic E-state index is 13.9. The molecule has 0 aliphatic heterocycles. The number of hydrogen-bond donors (Lipinski definition) is 1. The number of hydrogen-bond acceptors (Lipinski definition) is 3. The number of allylic oxidation sites excluding steroid dienone is 10. The summed E-state index contributed by atoms with van der Waals surface area (Å²) in [7, 11) is 1.61. The van der Waals surface area contributed by atoms with Crippen molar-refractivity contribution in [3.63, 3.8) is 0 Å². The zero-order valence-corrected chi connectivity index (χ0v) is 22.5. The molecule has 0 saturated carbocycles. The number of methoxy groups -OCH3 is 1. The van der Waals surface area contributed by atoms with E-state index in [2.05, 4.69) is 17.9 Å². The SMILES string of the molecule is COC1=CC=C2C[C@H](CC3=CCC(Cl)C=C3)C(CC(C)(C)C(=O)O)=C(C(=O)CC(C)(C)C)C2=C=C1. The highest BCUT2D eigenvalue weighted by atomic mass is 35.5. The van der Waals surface area contributed by atoms with E-state index < -0.39 is 11.4 Å². The number of fused-ring (bicyclic) bond motifs is 1. The molecule has 3 aliphatic carbocycles. The number of rotatable bonds is 8.